The van der Waals surface area contributed by atoms with Gasteiger partial charge in [0.2, 0.25) is 6.79 Å². The Hall–Kier alpha value is -2.96. The second-order valence-electron chi connectivity index (χ2n) is 6.35. The Kier molecular flexibility index (Phi) is 5.39. The molecule has 1 aromatic carbocycles. The highest BCUT2D eigenvalue weighted by Crippen LogP contribution is 2.33. The Morgan fingerprint density at radius 3 is 2.63 bits per heavy atom. The molecule has 27 heavy (non-hydrogen) atoms. The number of aryl methyl sites for hydroxylation is 1. The molecule has 1 aliphatic heterocycles. The van der Waals surface area contributed by atoms with E-state index in [1.165, 1.54) is 0 Å². The lowest BCUT2D eigenvalue weighted by atomic mass is 10.1. The number of fused-ring (bicyclic) bond motifs is 1. The van der Waals surface area contributed by atoms with Crippen molar-refractivity contribution in [1.82, 2.24) is 9.88 Å². The number of benzene rings is 1. The van der Waals surface area contributed by atoms with Gasteiger partial charge in [0.25, 0.3) is 5.91 Å². The maximum atomic E-state index is 13.1. The number of nitrogens with one attached hydrogen (secondary N) is 1. The van der Waals surface area contributed by atoms with Crippen LogP contribution in [0.2, 0.25) is 0 Å². The molecule has 144 valence electrons. The molecule has 0 unspecified atom stereocenters. The summed E-state index contributed by atoms with van der Waals surface area (Å²) in [5, 5.41) is 0. The summed E-state index contributed by atoms with van der Waals surface area (Å²) in [4.78, 5) is 30.0. The fourth-order valence-electron chi connectivity index (χ4n) is 3.22. The van der Waals surface area contributed by atoms with Crippen LogP contribution in [-0.2, 0) is 11.3 Å². The molecule has 1 aliphatic rings. The second kappa shape index (κ2) is 7.73. The average Bonchev–Trinajstić information content (AvgIpc) is 3.22. The van der Waals surface area contributed by atoms with Crippen molar-refractivity contribution in [2.24, 2.45) is 0 Å². The predicted octanol–water partition coefficient (Wildman–Crippen LogP) is 3.20. The number of aromatic nitrogens is 1. The van der Waals surface area contributed by atoms with E-state index in [-0.39, 0.29) is 19.3 Å². The van der Waals surface area contributed by atoms with Crippen molar-refractivity contribution in [1.29, 1.82) is 0 Å². The van der Waals surface area contributed by atoms with E-state index in [0.717, 1.165) is 5.56 Å². The summed E-state index contributed by atoms with van der Waals surface area (Å²) >= 11 is 0. The van der Waals surface area contributed by atoms with Crippen LogP contribution in [-0.4, -0.2) is 41.7 Å². The van der Waals surface area contributed by atoms with E-state index < -0.39 is 5.97 Å². The van der Waals surface area contributed by atoms with Gasteiger partial charge in [-0.2, -0.15) is 0 Å². The van der Waals surface area contributed by atoms with Crippen LogP contribution in [0.25, 0.3) is 0 Å². The summed E-state index contributed by atoms with van der Waals surface area (Å²) in [7, 11) is 0. The number of esters is 1. The lowest BCUT2D eigenvalue weighted by molar-refractivity contribution is 0.0525. The van der Waals surface area contributed by atoms with Gasteiger partial charge in [-0.15, -0.1) is 0 Å². The first-order valence-electron chi connectivity index (χ1n) is 9.00. The zero-order valence-electron chi connectivity index (χ0n) is 16.0. The minimum absolute atomic E-state index is 0.161. The molecule has 0 radical (unpaired) electrons. The van der Waals surface area contributed by atoms with Crippen LogP contribution in [0.4, 0.5) is 0 Å². The molecule has 1 N–H and O–H groups in total. The highest BCUT2D eigenvalue weighted by atomic mass is 16.7. The summed E-state index contributed by atoms with van der Waals surface area (Å²) in [6, 6.07) is 5.65. The molecule has 7 heteroatoms. The van der Waals surface area contributed by atoms with Crippen molar-refractivity contribution in [2.75, 3.05) is 19.9 Å². The molecule has 0 bridgehead atoms. The first-order valence-corrected chi connectivity index (χ1v) is 9.00. The van der Waals surface area contributed by atoms with Gasteiger partial charge >= 0.3 is 5.97 Å². The predicted molar refractivity (Wildman–Crippen MR) is 99.2 cm³/mol. The third-order valence-corrected chi connectivity index (χ3v) is 4.61. The van der Waals surface area contributed by atoms with Crippen LogP contribution >= 0.6 is 0 Å². The van der Waals surface area contributed by atoms with Crippen LogP contribution < -0.4 is 9.47 Å². The number of ether oxygens (including phenoxy) is 3. The van der Waals surface area contributed by atoms with Crippen molar-refractivity contribution >= 4 is 11.9 Å². The molecule has 0 atom stereocenters. The highest BCUT2D eigenvalue weighted by molar-refractivity contribution is 6.00. The van der Waals surface area contributed by atoms with Crippen LogP contribution in [0.1, 0.15) is 51.5 Å². The van der Waals surface area contributed by atoms with E-state index in [1.807, 2.05) is 25.1 Å². The molecule has 3 rings (SSSR count). The van der Waals surface area contributed by atoms with Crippen LogP contribution in [0.15, 0.2) is 18.2 Å². The van der Waals surface area contributed by atoms with Crippen LogP contribution in [0.5, 0.6) is 11.5 Å². The topological polar surface area (TPSA) is 80.9 Å². The second-order valence-corrected chi connectivity index (χ2v) is 6.35. The normalized spacial score (nSPS) is 12.1. The molecule has 1 amide bonds. The SMILES string of the molecule is CCOC(=O)c1c(C)[nH]c(C(=O)N(CC)Cc2ccc3c(c2)OCO3)c1C. The molecule has 2 heterocycles. The summed E-state index contributed by atoms with van der Waals surface area (Å²) in [5.74, 6) is 0.823. The van der Waals surface area contributed by atoms with Crippen molar-refractivity contribution in [3.63, 3.8) is 0 Å². The Labute approximate surface area is 158 Å². The Bertz CT molecular complexity index is 871. The lowest BCUT2D eigenvalue weighted by Gasteiger charge is -2.21. The summed E-state index contributed by atoms with van der Waals surface area (Å²) in [6.45, 7) is 8.66. The number of rotatable bonds is 6. The first-order chi connectivity index (χ1) is 13.0. The van der Waals surface area contributed by atoms with Gasteiger partial charge in [0.05, 0.1) is 12.2 Å². The smallest absolute Gasteiger partial charge is 0.340 e. The molecule has 2 aromatic rings. The summed E-state index contributed by atoms with van der Waals surface area (Å²) < 4.78 is 15.8. The molecule has 0 fully saturated rings. The Balaban J connectivity index is 1.83. The van der Waals surface area contributed by atoms with Gasteiger partial charge in [-0.1, -0.05) is 6.07 Å². The van der Waals surface area contributed by atoms with Crippen molar-refractivity contribution < 1.29 is 23.8 Å². The van der Waals surface area contributed by atoms with E-state index >= 15 is 0 Å². The molecule has 7 nitrogen and oxygen atoms in total. The molecule has 0 aliphatic carbocycles. The van der Waals surface area contributed by atoms with Crippen LogP contribution in [0, 0.1) is 13.8 Å². The van der Waals surface area contributed by atoms with Gasteiger partial charge in [0, 0.05) is 18.8 Å². The minimum Gasteiger partial charge on any atom is -0.462 e. The van der Waals surface area contributed by atoms with Gasteiger partial charge < -0.3 is 24.1 Å². The quantitative estimate of drug-likeness (QED) is 0.788. The zero-order chi connectivity index (χ0) is 19.6. The number of carbonyl (C=O) groups excluding carboxylic acids is 2. The summed E-state index contributed by atoms with van der Waals surface area (Å²) in [5.41, 5.74) is 3.03. The molecule has 0 spiro atoms. The van der Waals surface area contributed by atoms with E-state index in [0.29, 0.717) is 47.1 Å². The number of hydrogen-bond donors (Lipinski definition) is 1. The van der Waals surface area contributed by atoms with E-state index in [4.69, 9.17) is 14.2 Å². The number of carbonyl (C=O) groups is 2. The van der Waals surface area contributed by atoms with Crippen LogP contribution in [0.3, 0.4) is 0 Å². The molecule has 1 aromatic heterocycles. The lowest BCUT2D eigenvalue weighted by Crippen LogP contribution is -2.31. The van der Waals surface area contributed by atoms with Gasteiger partial charge in [0.1, 0.15) is 5.69 Å². The molecule has 0 saturated carbocycles. The number of aromatic amines is 1. The highest BCUT2D eigenvalue weighted by Gasteiger charge is 2.26. The molecule has 0 saturated heterocycles. The van der Waals surface area contributed by atoms with Crippen molar-refractivity contribution in [3.8, 4) is 11.5 Å². The third kappa shape index (κ3) is 3.63. The largest absolute Gasteiger partial charge is 0.462 e. The monoisotopic (exact) mass is 372 g/mol. The minimum atomic E-state index is -0.415. The fourth-order valence-corrected chi connectivity index (χ4v) is 3.22. The average molecular weight is 372 g/mol. The Morgan fingerprint density at radius 1 is 1.19 bits per heavy atom. The van der Waals surface area contributed by atoms with Crippen molar-refractivity contribution in [2.45, 2.75) is 34.2 Å². The standard InChI is InChI=1S/C20H24N2O5/c1-5-22(10-14-7-8-15-16(9-14)27-11-26-15)19(23)18-12(3)17(13(4)21-18)20(24)25-6-2/h7-9,21H,5-6,10-11H2,1-4H3. The number of hydrogen-bond acceptors (Lipinski definition) is 5. The third-order valence-electron chi connectivity index (χ3n) is 4.61. The zero-order valence-corrected chi connectivity index (χ0v) is 16.0. The first kappa shape index (κ1) is 18.8. The maximum absolute atomic E-state index is 13.1. The van der Waals surface area contributed by atoms with Gasteiger partial charge in [-0.3, -0.25) is 4.79 Å². The Morgan fingerprint density at radius 2 is 1.93 bits per heavy atom. The van der Waals surface area contributed by atoms with E-state index in [1.54, 1.807) is 25.7 Å². The maximum Gasteiger partial charge on any atom is 0.340 e. The molecular weight excluding hydrogens is 348 g/mol. The fraction of sp³-hybridized carbons (Fsp3) is 0.400. The van der Waals surface area contributed by atoms with Gasteiger partial charge in [-0.05, 0) is 51.0 Å². The van der Waals surface area contributed by atoms with E-state index in [2.05, 4.69) is 4.98 Å². The van der Waals surface area contributed by atoms with Crippen molar-refractivity contribution in [3.05, 3.63) is 46.3 Å². The van der Waals surface area contributed by atoms with Gasteiger partial charge in [0.15, 0.2) is 11.5 Å². The number of H-pyrrole nitrogens is 1. The number of amides is 1. The molecular formula is C20H24N2O5. The van der Waals surface area contributed by atoms with Gasteiger partial charge in [-0.25, -0.2) is 4.79 Å². The number of nitrogens with zero attached hydrogens (tertiary/aromatic N) is 1. The van der Waals surface area contributed by atoms with E-state index in [9.17, 15) is 9.59 Å². The summed E-state index contributed by atoms with van der Waals surface area (Å²) in [6.07, 6.45) is 0.